The van der Waals surface area contributed by atoms with Crippen LogP contribution in [-0.4, -0.2) is 31.3 Å². The smallest absolute Gasteiger partial charge is 0.416 e. The summed E-state index contributed by atoms with van der Waals surface area (Å²) in [6.07, 6.45) is -4.68. The highest BCUT2D eigenvalue weighted by molar-refractivity contribution is 6.03. The van der Waals surface area contributed by atoms with Crippen molar-refractivity contribution in [3.05, 3.63) is 65.5 Å². The van der Waals surface area contributed by atoms with E-state index in [1.54, 1.807) is 17.2 Å². The normalized spacial score (nSPS) is 11.5. The maximum atomic E-state index is 12.5. The molecule has 152 valence electrons. The van der Waals surface area contributed by atoms with Gasteiger partial charge >= 0.3 is 6.18 Å². The summed E-state index contributed by atoms with van der Waals surface area (Å²) in [6, 6.07) is 13.7. The van der Waals surface area contributed by atoms with Crippen LogP contribution in [0.4, 0.5) is 19.1 Å². The van der Waals surface area contributed by atoms with Crippen molar-refractivity contribution in [3.63, 3.8) is 0 Å². The number of benzene rings is 2. The van der Waals surface area contributed by atoms with Crippen LogP contribution in [0.25, 0.3) is 22.9 Å². The third-order valence-electron chi connectivity index (χ3n) is 4.17. The average molecular weight is 414 g/mol. The highest BCUT2D eigenvalue weighted by atomic mass is 19.4. The van der Waals surface area contributed by atoms with Crippen LogP contribution >= 0.6 is 0 Å². The minimum absolute atomic E-state index is 0.191. The first-order valence-corrected chi connectivity index (χ1v) is 8.62. The lowest BCUT2D eigenvalue weighted by atomic mass is 10.1. The molecular weight excluding hydrogens is 401 g/mol. The highest BCUT2D eigenvalue weighted by Crippen LogP contribution is 2.27. The van der Waals surface area contributed by atoms with Crippen molar-refractivity contribution in [1.29, 1.82) is 0 Å². The third-order valence-corrected chi connectivity index (χ3v) is 4.17. The Hall–Kier alpha value is -4.02. The van der Waals surface area contributed by atoms with Crippen LogP contribution in [0.2, 0.25) is 0 Å². The predicted molar refractivity (Wildman–Crippen MR) is 99.2 cm³/mol. The van der Waals surface area contributed by atoms with Gasteiger partial charge in [-0.1, -0.05) is 18.2 Å². The standard InChI is InChI=1S/C19H13F3N6O2/c1-10-4-2-3-5-13(10)16-26-25-15(30-16)12-8-6-11(7-9-12)14(29)23-18-24-17(27-28-18)19(20,21)22/h2-9H,1H3,(H2,23,24,27,28,29). The lowest BCUT2D eigenvalue weighted by molar-refractivity contribution is -0.144. The number of aromatic nitrogens is 5. The fourth-order valence-corrected chi connectivity index (χ4v) is 2.64. The number of alkyl halides is 3. The Balaban J connectivity index is 1.49. The molecule has 0 aliphatic rings. The molecule has 0 fully saturated rings. The summed E-state index contributed by atoms with van der Waals surface area (Å²) in [7, 11) is 0. The zero-order valence-electron chi connectivity index (χ0n) is 15.4. The van der Waals surface area contributed by atoms with Crippen LogP contribution in [0, 0.1) is 6.92 Å². The highest BCUT2D eigenvalue weighted by Gasteiger charge is 2.35. The number of carbonyl (C=O) groups is 1. The number of halogens is 3. The number of hydrogen-bond acceptors (Lipinski definition) is 6. The van der Waals surface area contributed by atoms with E-state index in [2.05, 4.69) is 25.6 Å². The van der Waals surface area contributed by atoms with Gasteiger partial charge in [0.1, 0.15) is 0 Å². The Morgan fingerprint density at radius 3 is 2.40 bits per heavy atom. The van der Waals surface area contributed by atoms with E-state index in [1.807, 2.05) is 31.2 Å². The second-order valence-electron chi connectivity index (χ2n) is 6.26. The molecule has 0 bridgehead atoms. The number of nitrogens with zero attached hydrogens (tertiary/aromatic N) is 4. The molecule has 4 aromatic rings. The van der Waals surface area contributed by atoms with Crippen molar-refractivity contribution in [3.8, 4) is 22.9 Å². The van der Waals surface area contributed by atoms with Crippen molar-refractivity contribution in [2.75, 3.05) is 5.32 Å². The number of carbonyl (C=O) groups excluding carboxylic acids is 1. The Labute approximate surface area is 167 Å². The van der Waals surface area contributed by atoms with Crippen LogP contribution in [0.1, 0.15) is 21.7 Å². The Bertz CT molecular complexity index is 1200. The van der Waals surface area contributed by atoms with E-state index >= 15 is 0 Å². The topological polar surface area (TPSA) is 110 Å². The number of anilines is 1. The number of hydrogen-bond donors (Lipinski definition) is 2. The minimum atomic E-state index is -4.68. The fraction of sp³-hybridized carbons (Fsp3) is 0.105. The Morgan fingerprint density at radius 1 is 1.03 bits per heavy atom. The van der Waals surface area contributed by atoms with Gasteiger partial charge in [-0.2, -0.15) is 18.2 Å². The molecule has 2 N–H and O–H groups in total. The van der Waals surface area contributed by atoms with Gasteiger partial charge in [-0.05, 0) is 42.8 Å². The molecule has 8 nitrogen and oxygen atoms in total. The monoisotopic (exact) mass is 414 g/mol. The van der Waals surface area contributed by atoms with E-state index in [-0.39, 0.29) is 11.5 Å². The van der Waals surface area contributed by atoms with E-state index in [0.29, 0.717) is 11.5 Å². The van der Waals surface area contributed by atoms with Crippen LogP contribution < -0.4 is 5.32 Å². The van der Waals surface area contributed by atoms with Gasteiger partial charge in [0.05, 0.1) is 0 Å². The number of nitrogens with one attached hydrogen (secondary N) is 2. The summed E-state index contributed by atoms with van der Waals surface area (Å²) < 4.78 is 43.3. The molecule has 30 heavy (non-hydrogen) atoms. The number of H-pyrrole nitrogens is 1. The van der Waals surface area contributed by atoms with Gasteiger partial charge < -0.3 is 4.42 Å². The van der Waals surface area contributed by atoms with Gasteiger partial charge in [-0.3, -0.25) is 15.2 Å². The third kappa shape index (κ3) is 3.90. The number of aryl methyl sites for hydroxylation is 1. The zero-order valence-corrected chi connectivity index (χ0v) is 15.4. The summed E-state index contributed by atoms with van der Waals surface area (Å²) in [5.41, 5.74) is 2.57. The van der Waals surface area contributed by atoms with Gasteiger partial charge in [-0.15, -0.1) is 15.3 Å². The van der Waals surface area contributed by atoms with Crippen molar-refractivity contribution in [1.82, 2.24) is 25.4 Å². The van der Waals surface area contributed by atoms with Crippen molar-refractivity contribution >= 4 is 11.9 Å². The first-order valence-electron chi connectivity index (χ1n) is 8.62. The number of rotatable bonds is 4. The molecule has 0 atom stereocenters. The summed E-state index contributed by atoms with van der Waals surface area (Å²) in [4.78, 5) is 15.4. The molecule has 4 rings (SSSR count). The lowest BCUT2D eigenvalue weighted by Crippen LogP contribution is -2.13. The molecule has 1 amide bonds. The van der Waals surface area contributed by atoms with Gasteiger partial charge in [0.15, 0.2) is 0 Å². The van der Waals surface area contributed by atoms with Crippen molar-refractivity contribution in [2.24, 2.45) is 0 Å². The van der Waals surface area contributed by atoms with E-state index in [1.165, 1.54) is 12.1 Å². The largest absolute Gasteiger partial charge is 0.451 e. The summed E-state index contributed by atoms with van der Waals surface area (Å²) in [5.74, 6) is -1.80. The number of amides is 1. The van der Waals surface area contributed by atoms with Gasteiger partial charge in [0.2, 0.25) is 23.6 Å². The van der Waals surface area contributed by atoms with Crippen LogP contribution in [-0.2, 0) is 6.18 Å². The molecule has 0 unspecified atom stereocenters. The lowest BCUT2D eigenvalue weighted by Gasteiger charge is -2.02. The molecule has 0 spiro atoms. The molecule has 0 aliphatic heterocycles. The van der Waals surface area contributed by atoms with E-state index in [0.717, 1.165) is 11.1 Å². The SMILES string of the molecule is Cc1ccccc1-c1nnc(-c2ccc(C(=O)Nc3n[nH]c(C(F)(F)F)n3)cc2)o1. The minimum Gasteiger partial charge on any atom is -0.416 e. The molecule has 0 aliphatic carbocycles. The van der Waals surface area contributed by atoms with E-state index in [9.17, 15) is 18.0 Å². The quantitative estimate of drug-likeness (QED) is 0.520. The Kier molecular flexibility index (Phi) is 4.78. The van der Waals surface area contributed by atoms with Gasteiger partial charge in [0, 0.05) is 16.7 Å². The van der Waals surface area contributed by atoms with Crippen LogP contribution in [0.3, 0.4) is 0 Å². The van der Waals surface area contributed by atoms with E-state index in [4.69, 9.17) is 4.42 Å². The molecule has 0 saturated carbocycles. The Morgan fingerprint density at radius 2 is 1.73 bits per heavy atom. The second-order valence-corrected chi connectivity index (χ2v) is 6.26. The summed E-state index contributed by atoms with van der Waals surface area (Å²) in [6.45, 7) is 1.93. The molecule has 0 saturated heterocycles. The fourth-order valence-electron chi connectivity index (χ4n) is 2.64. The van der Waals surface area contributed by atoms with E-state index < -0.39 is 23.9 Å². The molecule has 0 radical (unpaired) electrons. The van der Waals surface area contributed by atoms with Crippen molar-refractivity contribution in [2.45, 2.75) is 13.1 Å². The van der Waals surface area contributed by atoms with Gasteiger partial charge in [-0.25, -0.2) is 0 Å². The molecule has 2 heterocycles. The van der Waals surface area contributed by atoms with Gasteiger partial charge in [0.25, 0.3) is 5.91 Å². The first kappa shape index (κ1) is 19.3. The maximum absolute atomic E-state index is 12.5. The zero-order chi connectivity index (χ0) is 21.3. The summed E-state index contributed by atoms with van der Waals surface area (Å²) >= 11 is 0. The molecular formula is C19H13F3N6O2. The van der Waals surface area contributed by atoms with Crippen LogP contribution in [0.5, 0.6) is 0 Å². The maximum Gasteiger partial charge on any atom is 0.451 e. The van der Waals surface area contributed by atoms with Crippen molar-refractivity contribution < 1.29 is 22.4 Å². The first-order chi connectivity index (χ1) is 14.3. The molecule has 2 aromatic carbocycles. The average Bonchev–Trinajstić information content (AvgIpc) is 3.38. The predicted octanol–water partition coefficient (Wildman–Crippen LogP) is 4.10. The summed E-state index contributed by atoms with van der Waals surface area (Å²) in [5, 5.41) is 15.3. The number of aromatic amines is 1. The van der Waals surface area contributed by atoms with Crippen LogP contribution in [0.15, 0.2) is 52.9 Å². The molecule has 2 aromatic heterocycles. The second kappa shape index (κ2) is 7.43. The molecule has 11 heteroatoms.